The monoisotopic (exact) mass is 440 g/mol. The topological polar surface area (TPSA) is 75.3 Å². The second-order valence-corrected chi connectivity index (χ2v) is 9.67. The molecule has 30 heavy (non-hydrogen) atoms. The molecule has 1 amide bonds. The molecule has 156 valence electrons. The van der Waals surface area contributed by atoms with Crippen LogP contribution in [0.25, 0.3) is 0 Å². The first-order valence-corrected chi connectivity index (χ1v) is 11.9. The van der Waals surface area contributed by atoms with E-state index >= 15 is 0 Å². The summed E-state index contributed by atoms with van der Waals surface area (Å²) < 4.78 is 27.2. The molecule has 1 unspecified atom stereocenters. The Labute approximate surface area is 182 Å². The van der Waals surface area contributed by atoms with Gasteiger partial charge in [0.2, 0.25) is 15.9 Å². The molecule has 3 aromatic rings. The van der Waals surface area contributed by atoms with Crippen molar-refractivity contribution in [2.24, 2.45) is 0 Å². The van der Waals surface area contributed by atoms with Crippen LogP contribution in [0.2, 0.25) is 0 Å². The summed E-state index contributed by atoms with van der Waals surface area (Å²) in [5, 5.41) is 2.42. The van der Waals surface area contributed by atoms with E-state index in [0.29, 0.717) is 0 Å². The number of carbonyl (C=O) groups is 1. The van der Waals surface area contributed by atoms with Crippen molar-refractivity contribution in [2.75, 3.05) is 13.1 Å². The Bertz CT molecular complexity index is 1050. The number of aryl methyl sites for hydroxylation is 1. The predicted molar refractivity (Wildman–Crippen MR) is 121 cm³/mol. The molecule has 0 radical (unpaired) electrons. The van der Waals surface area contributed by atoms with Crippen molar-refractivity contribution in [3.05, 3.63) is 96.1 Å². The summed E-state index contributed by atoms with van der Waals surface area (Å²) in [6.07, 6.45) is 0. The molecule has 0 bridgehead atoms. The largest absolute Gasteiger partial charge is 0.354 e. The SMILES string of the molecule is Cc1ccc(S(=O)(=O)NCCNC(=O)C(Sc2ccccc2)c2ccccc2)cc1. The van der Waals surface area contributed by atoms with Gasteiger partial charge in [-0.2, -0.15) is 0 Å². The predicted octanol–water partition coefficient (Wildman–Crippen LogP) is 3.92. The highest BCUT2D eigenvalue weighted by molar-refractivity contribution is 8.00. The van der Waals surface area contributed by atoms with Gasteiger partial charge in [0.15, 0.2) is 0 Å². The van der Waals surface area contributed by atoms with Crippen LogP contribution in [0.15, 0.2) is 94.7 Å². The summed E-state index contributed by atoms with van der Waals surface area (Å²) in [5.74, 6) is -0.162. The van der Waals surface area contributed by atoms with Crippen molar-refractivity contribution >= 4 is 27.7 Å². The van der Waals surface area contributed by atoms with Crippen molar-refractivity contribution in [3.8, 4) is 0 Å². The molecule has 0 spiro atoms. The Balaban J connectivity index is 1.60. The van der Waals surface area contributed by atoms with Gasteiger partial charge in [0.1, 0.15) is 5.25 Å². The van der Waals surface area contributed by atoms with Gasteiger partial charge in [0.05, 0.1) is 4.90 Å². The van der Waals surface area contributed by atoms with Crippen molar-refractivity contribution in [1.29, 1.82) is 0 Å². The van der Waals surface area contributed by atoms with Gasteiger partial charge in [-0.05, 0) is 36.8 Å². The standard InChI is InChI=1S/C23H24N2O3S2/c1-18-12-14-21(15-13-18)30(27,28)25-17-16-24-23(26)22(19-8-4-2-5-9-19)29-20-10-6-3-7-11-20/h2-15,22,25H,16-17H2,1H3,(H,24,26). The smallest absolute Gasteiger partial charge is 0.240 e. The summed E-state index contributed by atoms with van der Waals surface area (Å²) in [6.45, 7) is 2.21. The second-order valence-electron chi connectivity index (χ2n) is 6.72. The number of carbonyl (C=O) groups excluding carboxylic acids is 1. The number of benzene rings is 3. The third-order valence-electron chi connectivity index (χ3n) is 4.39. The zero-order valence-corrected chi connectivity index (χ0v) is 18.2. The molecule has 0 fully saturated rings. The van der Waals surface area contributed by atoms with Gasteiger partial charge in [0, 0.05) is 18.0 Å². The fourth-order valence-electron chi connectivity index (χ4n) is 2.80. The summed E-state index contributed by atoms with van der Waals surface area (Å²) in [4.78, 5) is 14.1. The second kappa shape index (κ2) is 10.4. The summed E-state index contributed by atoms with van der Waals surface area (Å²) in [6, 6.07) is 25.9. The lowest BCUT2D eigenvalue weighted by molar-refractivity contribution is -0.120. The number of hydrogen-bond acceptors (Lipinski definition) is 4. The van der Waals surface area contributed by atoms with Gasteiger partial charge in [-0.3, -0.25) is 4.79 Å². The molecule has 7 heteroatoms. The van der Waals surface area contributed by atoms with Crippen LogP contribution in [0.4, 0.5) is 0 Å². The minimum Gasteiger partial charge on any atom is -0.354 e. The fraction of sp³-hybridized carbons (Fsp3) is 0.174. The molecule has 0 aromatic heterocycles. The van der Waals surface area contributed by atoms with E-state index in [2.05, 4.69) is 10.0 Å². The number of sulfonamides is 1. The van der Waals surface area contributed by atoms with Crippen LogP contribution in [0.1, 0.15) is 16.4 Å². The third-order valence-corrected chi connectivity index (χ3v) is 7.13. The van der Waals surface area contributed by atoms with Gasteiger partial charge in [-0.15, -0.1) is 11.8 Å². The molecular formula is C23H24N2O3S2. The minimum absolute atomic E-state index is 0.111. The highest BCUT2D eigenvalue weighted by Crippen LogP contribution is 2.35. The Morgan fingerprint density at radius 3 is 2.10 bits per heavy atom. The number of thioether (sulfide) groups is 1. The van der Waals surface area contributed by atoms with Crippen molar-refractivity contribution in [1.82, 2.24) is 10.0 Å². The van der Waals surface area contributed by atoms with Crippen molar-refractivity contribution in [2.45, 2.75) is 22.0 Å². The number of hydrogen-bond donors (Lipinski definition) is 2. The molecule has 0 aliphatic heterocycles. The lowest BCUT2D eigenvalue weighted by Gasteiger charge is -2.17. The van der Waals surface area contributed by atoms with Gasteiger partial charge in [0.25, 0.3) is 0 Å². The Hall–Kier alpha value is -2.61. The van der Waals surface area contributed by atoms with Crippen LogP contribution < -0.4 is 10.0 Å². The van der Waals surface area contributed by atoms with E-state index in [4.69, 9.17) is 0 Å². The van der Waals surface area contributed by atoms with E-state index < -0.39 is 15.3 Å². The minimum atomic E-state index is -3.60. The molecule has 5 nitrogen and oxygen atoms in total. The average Bonchev–Trinajstić information content (AvgIpc) is 2.76. The van der Waals surface area contributed by atoms with Gasteiger partial charge >= 0.3 is 0 Å². The first-order valence-electron chi connectivity index (χ1n) is 9.56. The highest BCUT2D eigenvalue weighted by atomic mass is 32.2. The lowest BCUT2D eigenvalue weighted by Crippen LogP contribution is -2.36. The average molecular weight is 441 g/mol. The molecular weight excluding hydrogens is 416 g/mol. The van der Waals surface area contributed by atoms with Crippen LogP contribution in [0.5, 0.6) is 0 Å². The molecule has 0 aliphatic carbocycles. The van der Waals surface area contributed by atoms with Crippen LogP contribution in [-0.4, -0.2) is 27.4 Å². The number of amides is 1. The molecule has 0 heterocycles. The van der Waals surface area contributed by atoms with Crippen LogP contribution in [-0.2, 0) is 14.8 Å². The Kier molecular flexibility index (Phi) is 7.68. The molecule has 0 aliphatic rings. The van der Waals surface area contributed by atoms with E-state index in [1.54, 1.807) is 24.3 Å². The molecule has 3 rings (SSSR count). The Morgan fingerprint density at radius 1 is 0.867 bits per heavy atom. The lowest BCUT2D eigenvalue weighted by atomic mass is 10.1. The third kappa shape index (κ3) is 6.19. The molecule has 3 aromatic carbocycles. The molecule has 1 atom stereocenters. The summed E-state index contributed by atoms with van der Waals surface area (Å²) >= 11 is 1.46. The maximum atomic E-state index is 12.9. The summed E-state index contributed by atoms with van der Waals surface area (Å²) in [7, 11) is -3.60. The van der Waals surface area contributed by atoms with Gasteiger partial charge in [-0.1, -0.05) is 66.2 Å². The van der Waals surface area contributed by atoms with Crippen LogP contribution >= 0.6 is 11.8 Å². The quantitative estimate of drug-likeness (QED) is 0.391. The number of nitrogens with one attached hydrogen (secondary N) is 2. The van der Waals surface area contributed by atoms with Crippen LogP contribution in [0.3, 0.4) is 0 Å². The Morgan fingerprint density at radius 2 is 1.47 bits per heavy atom. The first-order chi connectivity index (χ1) is 14.5. The number of rotatable bonds is 9. The van der Waals surface area contributed by atoms with Crippen molar-refractivity contribution < 1.29 is 13.2 Å². The maximum Gasteiger partial charge on any atom is 0.240 e. The van der Waals surface area contributed by atoms with Gasteiger partial charge < -0.3 is 5.32 Å². The summed E-state index contributed by atoms with van der Waals surface area (Å²) in [5.41, 5.74) is 1.88. The normalized spacial score (nSPS) is 12.3. The molecule has 0 saturated heterocycles. The van der Waals surface area contributed by atoms with E-state index in [9.17, 15) is 13.2 Å². The fourth-order valence-corrected chi connectivity index (χ4v) is 4.90. The zero-order chi connectivity index (χ0) is 21.4. The van der Waals surface area contributed by atoms with E-state index in [1.807, 2.05) is 67.6 Å². The first kappa shape index (κ1) is 22.1. The molecule has 2 N–H and O–H groups in total. The zero-order valence-electron chi connectivity index (χ0n) is 16.6. The molecule has 0 saturated carbocycles. The van der Waals surface area contributed by atoms with E-state index in [0.717, 1.165) is 16.0 Å². The van der Waals surface area contributed by atoms with Crippen LogP contribution in [0, 0.1) is 6.92 Å². The van der Waals surface area contributed by atoms with E-state index in [1.165, 1.54) is 11.8 Å². The van der Waals surface area contributed by atoms with Crippen molar-refractivity contribution in [3.63, 3.8) is 0 Å². The maximum absolute atomic E-state index is 12.9. The highest BCUT2D eigenvalue weighted by Gasteiger charge is 2.22. The van der Waals surface area contributed by atoms with Gasteiger partial charge in [-0.25, -0.2) is 13.1 Å². The van der Waals surface area contributed by atoms with E-state index in [-0.39, 0.29) is 23.9 Å².